The van der Waals surface area contributed by atoms with Crippen molar-refractivity contribution in [3.63, 3.8) is 0 Å². The third kappa shape index (κ3) is 4.48. The Hall–Kier alpha value is -0.570. The first kappa shape index (κ1) is 14.8. The number of benzene rings is 1. The molecule has 1 saturated heterocycles. The van der Waals surface area contributed by atoms with Gasteiger partial charge in [0.25, 0.3) is 0 Å². The minimum absolute atomic E-state index is 0.525. The minimum Gasteiger partial charge on any atom is -0.309 e. The summed E-state index contributed by atoms with van der Waals surface area (Å²) < 4.78 is 0. The van der Waals surface area contributed by atoms with Crippen LogP contribution in [-0.2, 0) is 6.54 Å². The Balaban J connectivity index is 1.79. The molecule has 1 aliphatic heterocycles. The normalized spacial score (nSPS) is 18.5. The van der Waals surface area contributed by atoms with E-state index in [2.05, 4.69) is 30.1 Å². The SMILES string of the molecule is Cc1c(Cl)cccc1CNC(C)CN1CCCCC1. The number of hydrogen-bond acceptors (Lipinski definition) is 2. The van der Waals surface area contributed by atoms with Crippen LogP contribution in [0.3, 0.4) is 0 Å². The van der Waals surface area contributed by atoms with Crippen LogP contribution >= 0.6 is 11.6 Å². The first-order chi connectivity index (χ1) is 9.16. The summed E-state index contributed by atoms with van der Waals surface area (Å²) in [6.45, 7) is 8.95. The van der Waals surface area contributed by atoms with Crippen LogP contribution in [0.1, 0.15) is 37.3 Å². The van der Waals surface area contributed by atoms with E-state index >= 15 is 0 Å². The van der Waals surface area contributed by atoms with Crippen molar-refractivity contribution in [1.82, 2.24) is 10.2 Å². The number of rotatable bonds is 5. The quantitative estimate of drug-likeness (QED) is 0.886. The lowest BCUT2D eigenvalue weighted by atomic mass is 10.1. The molecule has 3 heteroatoms. The van der Waals surface area contributed by atoms with Crippen LogP contribution in [-0.4, -0.2) is 30.6 Å². The molecule has 0 spiro atoms. The van der Waals surface area contributed by atoms with Gasteiger partial charge in [0.1, 0.15) is 0 Å². The van der Waals surface area contributed by atoms with Gasteiger partial charge in [-0.25, -0.2) is 0 Å². The maximum absolute atomic E-state index is 6.15. The van der Waals surface area contributed by atoms with Crippen molar-refractivity contribution >= 4 is 11.6 Å². The molecule has 1 unspecified atom stereocenters. The van der Waals surface area contributed by atoms with E-state index in [-0.39, 0.29) is 0 Å². The van der Waals surface area contributed by atoms with Gasteiger partial charge in [-0.15, -0.1) is 0 Å². The number of halogens is 1. The summed E-state index contributed by atoms with van der Waals surface area (Å²) in [5.41, 5.74) is 2.50. The maximum atomic E-state index is 6.15. The topological polar surface area (TPSA) is 15.3 Å². The molecule has 1 fully saturated rings. The summed E-state index contributed by atoms with van der Waals surface area (Å²) in [4.78, 5) is 2.58. The van der Waals surface area contributed by atoms with Crippen molar-refractivity contribution < 1.29 is 0 Å². The predicted molar refractivity (Wildman–Crippen MR) is 82.8 cm³/mol. The first-order valence-electron chi connectivity index (χ1n) is 7.36. The van der Waals surface area contributed by atoms with Crippen LogP contribution in [0.2, 0.25) is 5.02 Å². The summed E-state index contributed by atoms with van der Waals surface area (Å²) in [7, 11) is 0. The van der Waals surface area contributed by atoms with Crippen molar-refractivity contribution in [2.75, 3.05) is 19.6 Å². The van der Waals surface area contributed by atoms with E-state index in [1.165, 1.54) is 43.5 Å². The summed E-state index contributed by atoms with van der Waals surface area (Å²) in [6.07, 6.45) is 4.13. The molecule has 0 aliphatic carbocycles. The average molecular weight is 281 g/mol. The van der Waals surface area contributed by atoms with E-state index in [0.29, 0.717) is 6.04 Å². The predicted octanol–water partition coefficient (Wildman–Crippen LogP) is 3.61. The molecule has 1 atom stereocenters. The molecule has 0 amide bonds. The second-order valence-electron chi connectivity index (χ2n) is 5.67. The van der Waals surface area contributed by atoms with Crippen molar-refractivity contribution in [3.05, 3.63) is 34.3 Å². The summed E-state index contributed by atoms with van der Waals surface area (Å²) in [6, 6.07) is 6.66. The van der Waals surface area contributed by atoms with Gasteiger partial charge in [-0.05, 0) is 57.0 Å². The highest BCUT2D eigenvalue weighted by molar-refractivity contribution is 6.31. The Bertz CT molecular complexity index is 400. The van der Waals surface area contributed by atoms with Crippen molar-refractivity contribution in [3.8, 4) is 0 Å². The lowest BCUT2D eigenvalue weighted by Gasteiger charge is -2.29. The number of piperidine rings is 1. The Morgan fingerprint density at radius 2 is 2.00 bits per heavy atom. The average Bonchev–Trinajstić information content (AvgIpc) is 2.42. The van der Waals surface area contributed by atoms with Gasteiger partial charge in [0.2, 0.25) is 0 Å². The van der Waals surface area contributed by atoms with Crippen molar-refractivity contribution in [1.29, 1.82) is 0 Å². The molecular weight excluding hydrogens is 256 g/mol. The third-order valence-corrected chi connectivity index (χ3v) is 4.41. The Kier molecular flexibility index (Phi) is 5.68. The van der Waals surface area contributed by atoms with Crippen LogP contribution in [0.25, 0.3) is 0 Å². The van der Waals surface area contributed by atoms with Gasteiger partial charge in [-0.3, -0.25) is 0 Å². The van der Waals surface area contributed by atoms with Crippen LogP contribution in [0.15, 0.2) is 18.2 Å². The van der Waals surface area contributed by atoms with Crippen LogP contribution in [0, 0.1) is 6.92 Å². The smallest absolute Gasteiger partial charge is 0.0438 e. The second kappa shape index (κ2) is 7.28. The van der Waals surface area contributed by atoms with Crippen LogP contribution < -0.4 is 5.32 Å². The number of hydrogen-bond donors (Lipinski definition) is 1. The zero-order valence-electron chi connectivity index (χ0n) is 12.1. The number of nitrogens with one attached hydrogen (secondary N) is 1. The zero-order chi connectivity index (χ0) is 13.7. The molecule has 0 radical (unpaired) electrons. The molecule has 1 N–H and O–H groups in total. The Morgan fingerprint density at radius 1 is 1.26 bits per heavy atom. The van der Waals surface area contributed by atoms with E-state index in [0.717, 1.165) is 18.1 Å². The molecule has 19 heavy (non-hydrogen) atoms. The van der Waals surface area contributed by atoms with E-state index < -0.39 is 0 Å². The Morgan fingerprint density at radius 3 is 2.74 bits per heavy atom. The molecule has 0 aromatic heterocycles. The fourth-order valence-electron chi connectivity index (χ4n) is 2.72. The molecule has 2 rings (SSSR count). The molecule has 0 bridgehead atoms. The van der Waals surface area contributed by atoms with E-state index in [9.17, 15) is 0 Å². The number of nitrogens with zero attached hydrogens (tertiary/aromatic N) is 1. The molecule has 106 valence electrons. The molecule has 0 saturated carbocycles. The highest BCUT2D eigenvalue weighted by Gasteiger charge is 2.13. The molecule has 1 heterocycles. The van der Waals surface area contributed by atoms with Crippen LogP contribution in [0.4, 0.5) is 0 Å². The van der Waals surface area contributed by atoms with Gasteiger partial charge in [-0.2, -0.15) is 0 Å². The molecule has 1 aromatic carbocycles. The lowest BCUT2D eigenvalue weighted by molar-refractivity contribution is 0.209. The Labute approximate surface area is 122 Å². The van der Waals surface area contributed by atoms with Crippen LogP contribution in [0.5, 0.6) is 0 Å². The number of likely N-dealkylation sites (tertiary alicyclic amines) is 1. The zero-order valence-corrected chi connectivity index (χ0v) is 12.8. The first-order valence-corrected chi connectivity index (χ1v) is 7.74. The van der Waals surface area contributed by atoms with Gasteiger partial charge in [0.05, 0.1) is 0 Å². The fraction of sp³-hybridized carbons (Fsp3) is 0.625. The standard InChI is InChI=1S/C16H25ClN2/c1-13(12-19-9-4-3-5-10-19)18-11-15-7-6-8-16(17)14(15)2/h6-8,13,18H,3-5,9-12H2,1-2H3. The summed E-state index contributed by atoms with van der Waals surface area (Å²) in [5, 5.41) is 4.48. The van der Waals surface area contributed by atoms with E-state index in [1.807, 2.05) is 12.1 Å². The second-order valence-corrected chi connectivity index (χ2v) is 6.07. The van der Waals surface area contributed by atoms with Gasteiger partial charge >= 0.3 is 0 Å². The fourth-order valence-corrected chi connectivity index (χ4v) is 2.92. The summed E-state index contributed by atoms with van der Waals surface area (Å²) in [5.74, 6) is 0. The lowest BCUT2D eigenvalue weighted by Crippen LogP contribution is -2.41. The van der Waals surface area contributed by atoms with E-state index in [1.54, 1.807) is 0 Å². The van der Waals surface area contributed by atoms with Crippen molar-refractivity contribution in [2.24, 2.45) is 0 Å². The van der Waals surface area contributed by atoms with Gasteiger partial charge in [0.15, 0.2) is 0 Å². The molecule has 2 nitrogen and oxygen atoms in total. The van der Waals surface area contributed by atoms with Gasteiger partial charge in [-0.1, -0.05) is 30.2 Å². The maximum Gasteiger partial charge on any atom is 0.0438 e. The monoisotopic (exact) mass is 280 g/mol. The largest absolute Gasteiger partial charge is 0.309 e. The third-order valence-electron chi connectivity index (χ3n) is 4.00. The molecule has 1 aliphatic rings. The van der Waals surface area contributed by atoms with E-state index in [4.69, 9.17) is 11.6 Å². The molecular formula is C16H25ClN2. The van der Waals surface area contributed by atoms with Gasteiger partial charge < -0.3 is 10.2 Å². The summed E-state index contributed by atoms with van der Waals surface area (Å²) >= 11 is 6.15. The molecule has 1 aromatic rings. The highest BCUT2D eigenvalue weighted by atomic mass is 35.5. The van der Waals surface area contributed by atoms with Crippen molar-refractivity contribution in [2.45, 2.75) is 45.7 Å². The van der Waals surface area contributed by atoms with Gasteiger partial charge in [0, 0.05) is 24.2 Å². The minimum atomic E-state index is 0.525. The highest BCUT2D eigenvalue weighted by Crippen LogP contribution is 2.18.